The molecule has 0 bridgehead atoms. The summed E-state index contributed by atoms with van der Waals surface area (Å²) >= 11 is 0. The molecule has 2 saturated carbocycles. The molecule has 10 atom stereocenters. The van der Waals surface area contributed by atoms with E-state index in [0.717, 1.165) is 12.8 Å². The predicted octanol–water partition coefficient (Wildman–Crippen LogP) is 4.88. The Labute approximate surface area is 404 Å². The average molecular weight is 969 g/mol. The molecule has 0 unspecified atom stereocenters. The van der Waals surface area contributed by atoms with Gasteiger partial charge in [-0.15, -0.1) is 0 Å². The van der Waals surface area contributed by atoms with E-state index in [1.54, 1.807) is 46.4 Å². The molecule has 4 saturated heterocycles. The van der Waals surface area contributed by atoms with Crippen molar-refractivity contribution in [2.45, 2.75) is 179 Å². The third-order valence-corrected chi connectivity index (χ3v) is 13.2. The van der Waals surface area contributed by atoms with E-state index in [0.29, 0.717) is 19.0 Å². The largest absolute Gasteiger partial charge is 0.396 e. The van der Waals surface area contributed by atoms with Crippen molar-refractivity contribution in [1.29, 1.82) is 0 Å². The lowest BCUT2D eigenvalue weighted by molar-refractivity contribution is -0.140. The molecule has 15 nitrogen and oxygen atoms in total. The van der Waals surface area contributed by atoms with Crippen molar-refractivity contribution in [2.24, 2.45) is 58.2 Å². The monoisotopic (exact) mass is 969 g/mol. The molecule has 0 radical (unpaired) electrons. The van der Waals surface area contributed by atoms with Crippen LogP contribution in [0.3, 0.4) is 0 Å². The number of rotatable bonds is 16. The molecule has 3 N–H and O–H groups in total. The fraction of sp³-hybridized carbons (Fsp3) is 0.843. The zero-order valence-electron chi connectivity index (χ0n) is 42.8. The Morgan fingerprint density at radius 2 is 0.897 bits per heavy atom. The first-order chi connectivity index (χ1) is 30.6. The first kappa shape index (κ1) is 60.4. The van der Waals surface area contributed by atoms with E-state index in [9.17, 15) is 57.4 Å². The van der Waals surface area contributed by atoms with Crippen molar-refractivity contribution in [1.82, 2.24) is 19.6 Å². The van der Waals surface area contributed by atoms with Gasteiger partial charge in [0.2, 0.25) is 11.8 Å². The lowest BCUT2D eigenvalue weighted by Gasteiger charge is -2.33. The Morgan fingerprint density at radius 1 is 0.544 bits per heavy atom. The third kappa shape index (κ3) is 14.9. The first-order valence-electron chi connectivity index (χ1n) is 24.2. The Hall–Kier alpha value is -3.70. The predicted molar refractivity (Wildman–Crippen MR) is 254 cm³/mol. The van der Waals surface area contributed by atoms with Crippen molar-refractivity contribution in [2.75, 3.05) is 39.4 Å². The number of likely N-dealkylation sites (tertiary alicyclic amines) is 4. The molecule has 0 spiro atoms. The van der Waals surface area contributed by atoms with Gasteiger partial charge in [0.05, 0.1) is 36.4 Å². The van der Waals surface area contributed by atoms with Gasteiger partial charge in [-0.3, -0.25) is 38.4 Å². The van der Waals surface area contributed by atoms with E-state index >= 15 is 0 Å². The SMILES string of the molecule is C.CC(C)C(=O)[C@@H]1C[C@@H](F)C(=O)N1CC(C)(C)CO.CC(C)C(=O)[C@@H]1C[C@@H](F)C(=O)N1CC(C)(C)O.CC(C)C(=O)[C@@H]1[C@H]2C[C@H]2C(=O)N1CC(C)(C)C.CC(C)C(=O)[C@@H]1[C@H]2C[C@H]2C(=O)N1CCO. The fourth-order valence-electron chi connectivity index (χ4n) is 9.44. The average Bonchev–Trinajstić information content (AvgIpc) is 4.10. The number of fused-ring (bicyclic) bond motifs is 2. The topological polar surface area (TPSA) is 210 Å². The second-order valence-corrected chi connectivity index (χ2v) is 23.4. The van der Waals surface area contributed by atoms with Gasteiger partial charge in [0, 0.05) is 86.5 Å². The zero-order chi connectivity index (χ0) is 51.6. The third-order valence-electron chi connectivity index (χ3n) is 13.2. The van der Waals surface area contributed by atoms with Crippen LogP contribution in [-0.2, 0) is 38.4 Å². The number of aliphatic hydroxyl groups excluding tert-OH is 2. The quantitative estimate of drug-likeness (QED) is 0.190. The number of nitrogens with zero attached hydrogens (tertiary/aromatic N) is 4. The van der Waals surface area contributed by atoms with Gasteiger partial charge in [0.15, 0.2) is 35.5 Å². The van der Waals surface area contributed by atoms with Gasteiger partial charge >= 0.3 is 0 Å². The lowest BCUT2D eigenvalue weighted by atomic mass is 9.92. The van der Waals surface area contributed by atoms with Crippen LogP contribution >= 0.6 is 0 Å². The van der Waals surface area contributed by atoms with E-state index < -0.39 is 47.3 Å². The van der Waals surface area contributed by atoms with Crippen LogP contribution in [0.1, 0.15) is 137 Å². The highest BCUT2D eigenvalue weighted by molar-refractivity contribution is 5.98. The first-order valence-corrected chi connectivity index (χ1v) is 24.2. The Balaban J connectivity index is 0.000000310. The molecule has 0 aromatic rings. The Morgan fingerprint density at radius 3 is 1.22 bits per heavy atom. The van der Waals surface area contributed by atoms with E-state index in [1.807, 2.05) is 32.6 Å². The molecule has 2 aliphatic carbocycles. The molecular weight excluding hydrogens is 883 g/mol. The summed E-state index contributed by atoms with van der Waals surface area (Å²) in [6.07, 6.45) is -1.56. The molecule has 0 aromatic carbocycles. The molecule has 390 valence electrons. The highest BCUT2D eigenvalue weighted by Crippen LogP contribution is 2.52. The number of piperidine rings is 2. The van der Waals surface area contributed by atoms with E-state index in [1.165, 1.54) is 23.6 Å². The number of amides is 4. The van der Waals surface area contributed by atoms with E-state index in [2.05, 4.69) is 20.8 Å². The summed E-state index contributed by atoms with van der Waals surface area (Å²) < 4.78 is 26.9. The van der Waals surface area contributed by atoms with Crippen LogP contribution in [-0.4, -0.2) is 163 Å². The molecule has 6 rings (SSSR count). The lowest BCUT2D eigenvalue weighted by Crippen LogP contribution is -2.47. The molecule has 0 aromatic heterocycles. The number of hydrogen-bond acceptors (Lipinski definition) is 11. The summed E-state index contributed by atoms with van der Waals surface area (Å²) in [5.74, 6) is -0.630. The van der Waals surface area contributed by atoms with Crippen LogP contribution < -0.4 is 0 Å². The van der Waals surface area contributed by atoms with Gasteiger partial charge in [-0.2, -0.15) is 0 Å². The summed E-state index contributed by atoms with van der Waals surface area (Å²) in [5.41, 5.74) is -1.60. The number of carbonyl (C=O) groups excluding carboxylic acids is 8. The minimum Gasteiger partial charge on any atom is -0.396 e. The normalized spacial score (nSPS) is 28.5. The molecule has 6 fully saturated rings. The highest BCUT2D eigenvalue weighted by atomic mass is 19.1. The molecule has 4 aliphatic heterocycles. The highest BCUT2D eigenvalue weighted by Gasteiger charge is 2.62. The summed E-state index contributed by atoms with van der Waals surface area (Å²) in [5, 5.41) is 27.8. The van der Waals surface area contributed by atoms with Crippen LogP contribution in [0.15, 0.2) is 0 Å². The summed E-state index contributed by atoms with van der Waals surface area (Å²) in [6, 6.07) is -1.80. The molecule has 68 heavy (non-hydrogen) atoms. The van der Waals surface area contributed by atoms with Crippen LogP contribution in [0.25, 0.3) is 0 Å². The number of Topliss-reactive ketones (excluding diaryl/α,β-unsaturated/α-hetero) is 4. The maximum atomic E-state index is 13.5. The molecule has 17 heteroatoms. The number of hydrogen-bond donors (Lipinski definition) is 3. The summed E-state index contributed by atoms with van der Waals surface area (Å²) in [6.45, 7) is 28.5. The van der Waals surface area contributed by atoms with Gasteiger partial charge in [0.1, 0.15) is 0 Å². The van der Waals surface area contributed by atoms with Gasteiger partial charge < -0.3 is 34.9 Å². The second kappa shape index (κ2) is 23.5. The van der Waals surface area contributed by atoms with Crippen molar-refractivity contribution < 1.29 is 62.5 Å². The summed E-state index contributed by atoms with van der Waals surface area (Å²) in [7, 11) is 0. The second-order valence-electron chi connectivity index (χ2n) is 23.4. The Kier molecular flexibility index (Phi) is 20.9. The van der Waals surface area contributed by atoms with Gasteiger partial charge in [-0.1, -0.05) is 97.4 Å². The number of aliphatic hydroxyl groups is 3. The maximum Gasteiger partial charge on any atom is 0.257 e. The van der Waals surface area contributed by atoms with Gasteiger partial charge in [-0.25, -0.2) is 8.78 Å². The number of alkyl halides is 2. The van der Waals surface area contributed by atoms with Crippen LogP contribution in [0.5, 0.6) is 0 Å². The minimum atomic E-state index is -1.62. The van der Waals surface area contributed by atoms with E-state index in [-0.39, 0.29) is 140 Å². The minimum absolute atomic E-state index is 0. The summed E-state index contributed by atoms with van der Waals surface area (Å²) in [4.78, 5) is 101. The van der Waals surface area contributed by atoms with Crippen molar-refractivity contribution in [3.63, 3.8) is 0 Å². The van der Waals surface area contributed by atoms with E-state index in [4.69, 9.17) is 5.11 Å². The fourth-order valence-corrected chi connectivity index (χ4v) is 9.44. The number of β-amino-alcohol motifs (C(OH)–C–C–N with tert-alkyl or cyclic N) is 2. The van der Waals surface area contributed by atoms with Crippen LogP contribution in [0.2, 0.25) is 0 Å². The number of halogens is 2. The van der Waals surface area contributed by atoms with Gasteiger partial charge in [-0.05, 0) is 43.9 Å². The zero-order valence-corrected chi connectivity index (χ0v) is 42.8. The van der Waals surface area contributed by atoms with Crippen molar-refractivity contribution in [3.8, 4) is 0 Å². The molecule has 4 heterocycles. The Bertz CT molecular complexity index is 1810. The molecule has 4 amide bonds. The standard InChI is InChI=1S/C14H23NO2.C13H22FNO3.C12H20FNO3.C11H17NO3.CH4/c1-8(2)12(16)11-9-6-10(9)13(17)15(11)7-14(3,4)5;1-8(2)11(17)10-5-9(14)12(18)15(10)6-13(3,4)7-16;1-7(2)10(15)9-5-8(13)11(16)14(9)6-12(3,4)17;1-6(2)10(14)9-7-5-8(7)11(15)12(9)3-4-13;/h8-11H,6-7H2,1-5H3;8-10,16H,5-7H2,1-4H3;7-9,17H,5-6H2,1-4H3;6-9,13H,3-5H2,1-2H3;1H4/t9-,10+,11-;9-,10+;8-,9+;7-,8+,9-;/m0110./s1. The van der Waals surface area contributed by atoms with Gasteiger partial charge in [0.25, 0.3) is 11.8 Å². The smallest absolute Gasteiger partial charge is 0.257 e. The molecular formula is C51H86F2N4O11. The van der Waals surface area contributed by atoms with Crippen LogP contribution in [0.4, 0.5) is 8.78 Å². The maximum absolute atomic E-state index is 13.5. The van der Waals surface area contributed by atoms with Crippen molar-refractivity contribution in [3.05, 3.63) is 0 Å². The number of carbonyl (C=O) groups is 8. The van der Waals surface area contributed by atoms with Crippen LogP contribution in [0, 0.1) is 58.2 Å². The number of ketones is 4. The molecule has 6 aliphatic rings. The van der Waals surface area contributed by atoms with Crippen molar-refractivity contribution >= 4 is 46.8 Å².